The van der Waals surface area contributed by atoms with E-state index in [2.05, 4.69) is 5.32 Å². The molecule has 0 radical (unpaired) electrons. The van der Waals surface area contributed by atoms with Crippen molar-refractivity contribution < 1.29 is 22.3 Å². The molecule has 168 valence electrons. The predicted molar refractivity (Wildman–Crippen MR) is 124 cm³/mol. The van der Waals surface area contributed by atoms with Gasteiger partial charge in [-0.25, -0.2) is 12.8 Å². The molecular weight excluding hydrogens is 431 g/mol. The van der Waals surface area contributed by atoms with E-state index < -0.39 is 15.8 Å². The summed E-state index contributed by atoms with van der Waals surface area (Å²) in [6.07, 6.45) is 1.12. The van der Waals surface area contributed by atoms with Crippen molar-refractivity contribution in [2.75, 3.05) is 15.9 Å². The summed E-state index contributed by atoms with van der Waals surface area (Å²) in [5.74, 6) is -0.0725. The lowest BCUT2D eigenvalue weighted by molar-refractivity contribution is 0.102. The molecule has 1 N–H and O–H groups in total. The lowest BCUT2D eigenvalue weighted by Crippen LogP contribution is -2.29. The summed E-state index contributed by atoms with van der Waals surface area (Å²) in [7, 11) is -3.60. The van der Waals surface area contributed by atoms with Crippen molar-refractivity contribution in [3.8, 4) is 5.75 Å². The second-order valence-electron chi connectivity index (χ2n) is 7.59. The lowest BCUT2D eigenvalue weighted by Gasteiger charge is -2.22. The minimum atomic E-state index is -3.60. The molecule has 0 heterocycles. The molecule has 0 aliphatic rings. The maximum atomic E-state index is 13.2. The van der Waals surface area contributed by atoms with E-state index in [1.807, 2.05) is 19.9 Å². The summed E-state index contributed by atoms with van der Waals surface area (Å²) in [6, 6.07) is 19.0. The monoisotopic (exact) mass is 456 g/mol. The largest absolute Gasteiger partial charge is 0.491 e. The van der Waals surface area contributed by atoms with Crippen LogP contribution in [0.15, 0.2) is 72.8 Å². The van der Waals surface area contributed by atoms with Crippen molar-refractivity contribution in [1.82, 2.24) is 0 Å². The Hall–Kier alpha value is -3.39. The summed E-state index contributed by atoms with van der Waals surface area (Å²) in [4.78, 5) is 12.6. The second kappa shape index (κ2) is 9.82. The van der Waals surface area contributed by atoms with Gasteiger partial charge in [-0.1, -0.05) is 18.2 Å². The number of hydrogen-bond donors (Lipinski definition) is 1. The van der Waals surface area contributed by atoms with Gasteiger partial charge in [-0.15, -0.1) is 0 Å². The van der Waals surface area contributed by atoms with E-state index in [-0.39, 0.29) is 18.6 Å². The van der Waals surface area contributed by atoms with E-state index in [9.17, 15) is 17.6 Å². The van der Waals surface area contributed by atoms with Gasteiger partial charge in [0, 0.05) is 17.3 Å². The summed E-state index contributed by atoms with van der Waals surface area (Å²) < 4.78 is 44.7. The third-order valence-corrected chi connectivity index (χ3v) is 5.66. The van der Waals surface area contributed by atoms with Crippen molar-refractivity contribution in [3.05, 3.63) is 89.7 Å². The third kappa shape index (κ3) is 6.31. The van der Waals surface area contributed by atoms with Gasteiger partial charge in [0.25, 0.3) is 5.91 Å². The van der Waals surface area contributed by atoms with Gasteiger partial charge in [0.1, 0.15) is 11.6 Å². The molecule has 1 amide bonds. The average molecular weight is 457 g/mol. The molecule has 0 unspecified atom stereocenters. The van der Waals surface area contributed by atoms with Gasteiger partial charge in [-0.05, 0) is 67.9 Å². The van der Waals surface area contributed by atoms with Gasteiger partial charge in [-0.2, -0.15) is 0 Å². The number of carbonyl (C=O) groups is 1. The first kappa shape index (κ1) is 23.3. The zero-order valence-electron chi connectivity index (χ0n) is 18.1. The molecule has 0 aliphatic carbocycles. The summed E-state index contributed by atoms with van der Waals surface area (Å²) >= 11 is 0. The fourth-order valence-electron chi connectivity index (χ4n) is 3.06. The molecule has 0 aromatic heterocycles. The molecular formula is C24H25FN2O4S. The topological polar surface area (TPSA) is 75.7 Å². The fourth-order valence-corrected chi connectivity index (χ4v) is 3.95. The highest BCUT2D eigenvalue weighted by atomic mass is 32.2. The van der Waals surface area contributed by atoms with Gasteiger partial charge in [0.05, 0.1) is 24.6 Å². The Morgan fingerprint density at radius 3 is 2.28 bits per heavy atom. The second-order valence-corrected chi connectivity index (χ2v) is 9.50. The molecule has 6 nitrogen and oxygen atoms in total. The number of sulfonamides is 1. The van der Waals surface area contributed by atoms with Crippen molar-refractivity contribution in [3.63, 3.8) is 0 Å². The number of carbonyl (C=O) groups excluding carboxylic acids is 1. The van der Waals surface area contributed by atoms with Gasteiger partial charge < -0.3 is 10.1 Å². The van der Waals surface area contributed by atoms with Gasteiger partial charge in [-0.3, -0.25) is 9.10 Å². The Bertz CT molecular complexity index is 1180. The predicted octanol–water partition coefficient (Wildman–Crippen LogP) is 4.83. The number of halogens is 1. The van der Waals surface area contributed by atoms with Crippen LogP contribution < -0.4 is 14.4 Å². The van der Waals surface area contributed by atoms with Crippen LogP contribution in [0.1, 0.15) is 29.8 Å². The van der Waals surface area contributed by atoms with E-state index in [1.54, 1.807) is 42.5 Å². The Morgan fingerprint density at radius 1 is 1.03 bits per heavy atom. The van der Waals surface area contributed by atoms with Crippen LogP contribution in [0.5, 0.6) is 5.75 Å². The third-order valence-electron chi connectivity index (χ3n) is 4.52. The van der Waals surface area contributed by atoms with Crippen LogP contribution in [-0.4, -0.2) is 26.7 Å². The number of nitrogens with one attached hydrogen (secondary N) is 1. The van der Waals surface area contributed by atoms with Crippen molar-refractivity contribution in [2.24, 2.45) is 0 Å². The molecule has 3 aromatic carbocycles. The maximum Gasteiger partial charge on any atom is 0.255 e. The van der Waals surface area contributed by atoms with Crippen molar-refractivity contribution in [1.29, 1.82) is 0 Å². The van der Waals surface area contributed by atoms with Crippen molar-refractivity contribution >= 4 is 27.3 Å². The fraction of sp³-hybridized carbons (Fsp3) is 0.208. The Labute approximate surface area is 187 Å². The molecule has 0 atom stereocenters. The molecule has 0 spiro atoms. The van der Waals surface area contributed by atoms with Crippen LogP contribution in [0, 0.1) is 5.82 Å². The van der Waals surface area contributed by atoms with Crippen LogP contribution >= 0.6 is 0 Å². The minimum Gasteiger partial charge on any atom is -0.491 e. The number of amides is 1. The Morgan fingerprint density at radius 2 is 1.69 bits per heavy atom. The first-order chi connectivity index (χ1) is 15.1. The van der Waals surface area contributed by atoms with Crippen LogP contribution in [0.4, 0.5) is 15.8 Å². The average Bonchev–Trinajstić information content (AvgIpc) is 2.72. The van der Waals surface area contributed by atoms with Crippen LogP contribution in [0.25, 0.3) is 0 Å². The first-order valence-corrected chi connectivity index (χ1v) is 11.9. The van der Waals surface area contributed by atoms with E-state index >= 15 is 0 Å². The highest BCUT2D eigenvalue weighted by molar-refractivity contribution is 7.92. The molecule has 32 heavy (non-hydrogen) atoms. The van der Waals surface area contributed by atoms with E-state index in [1.165, 1.54) is 28.6 Å². The quantitative estimate of drug-likeness (QED) is 0.527. The molecule has 0 saturated heterocycles. The molecule has 0 fully saturated rings. The zero-order valence-corrected chi connectivity index (χ0v) is 18.9. The first-order valence-electron chi connectivity index (χ1n) is 10.0. The number of nitrogens with zero attached hydrogens (tertiary/aromatic N) is 1. The molecule has 8 heteroatoms. The number of ether oxygens (including phenoxy) is 1. The normalized spacial score (nSPS) is 11.3. The summed E-state index contributed by atoms with van der Waals surface area (Å²) in [6.45, 7) is 3.89. The van der Waals surface area contributed by atoms with E-state index in [0.29, 0.717) is 28.3 Å². The highest BCUT2D eigenvalue weighted by Crippen LogP contribution is 2.23. The van der Waals surface area contributed by atoms with E-state index in [0.717, 1.165) is 6.26 Å². The molecule has 3 aromatic rings. The summed E-state index contributed by atoms with van der Waals surface area (Å²) in [5, 5.41) is 2.81. The minimum absolute atomic E-state index is 0.0150. The maximum absolute atomic E-state index is 13.2. The summed E-state index contributed by atoms with van der Waals surface area (Å²) in [5.41, 5.74) is 2.01. The smallest absolute Gasteiger partial charge is 0.255 e. The van der Waals surface area contributed by atoms with Crippen LogP contribution in [0.2, 0.25) is 0 Å². The SMILES string of the molecule is CC(C)Oc1cccc(NC(=O)c2ccc(N(Cc3ccc(F)cc3)S(C)(=O)=O)cc2)c1. The molecule has 3 rings (SSSR count). The lowest BCUT2D eigenvalue weighted by atomic mass is 10.1. The molecule has 0 aliphatic heterocycles. The van der Waals surface area contributed by atoms with Crippen LogP contribution in [-0.2, 0) is 16.6 Å². The van der Waals surface area contributed by atoms with Crippen molar-refractivity contribution in [2.45, 2.75) is 26.5 Å². The number of hydrogen-bond acceptors (Lipinski definition) is 4. The molecule has 0 saturated carbocycles. The Kier molecular flexibility index (Phi) is 7.15. The molecule has 0 bridgehead atoms. The number of rotatable bonds is 8. The highest BCUT2D eigenvalue weighted by Gasteiger charge is 2.18. The van der Waals surface area contributed by atoms with Crippen LogP contribution in [0.3, 0.4) is 0 Å². The van der Waals surface area contributed by atoms with E-state index in [4.69, 9.17) is 4.74 Å². The van der Waals surface area contributed by atoms with Gasteiger partial charge >= 0.3 is 0 Å². The number of benzene rings is 3. The standard InChI is InChI=1S/C24H25FN2O4S/c1-17(2)31-23-6-4-5-21(15-23)26-24(28)19-9-13-22(14-10-19)27(32(3,29)30)16-18-7-11-20(25)12-8-18/h4-15,17H,16H2,1-3H3,(H,26,28). The van der Waals surface area contributed by atoms with Gasteiger partial charge in [0.2, 0.25) is 10.0 Å². The zero-order chi connectivity index (χ0) is 23.3. The Balaban J connectivity index is 1.76. The number of anilines is 2. The van der Waals surface area contributed by atoms with Gasteiger partial charge in [0.15, 0.2) is 0 Å².